The lowest BCUT2D eigenvalue weighted by Crippen LogP contribution is -2.38. The summed E-state index contributed by atoms with van der Waals surface area (Å²) in [5.41, 5.74) is 2.26. The maximum atomic E-state index is 12.4. The Bertz CT molecular complexity index is 777. The van der Waals surface area contributed by atoms with Crippen LogP contribution in [0.2, 0.25) is 0 Å². The number of carbonyl (C=O) groups excluding carboxylic acids is 1. The van der Waals surface area contributed by atoms with Crippen molar-refractivity contribution in [2.45, 2.75) is 59.0 Å². The van der Waals surface area contributed by atoms with Gasteiger partial charge in [-0.15, -0.1) is 0 Å². The zero-order valence-electron chi connectivity index (χ0n) is 17.9. The standard InChI is InChI=1S/C24H33NO3/c1-17(2)19-11-7-9-13-21(19)28-18(3)23(26)25-15-16-27-22-14-10-8-12-20(22)24(4,5)6/h7-14,17-18H,15-16H2,1-6H3,(H,25,26)/t18-/m0/s1. The Morgan fingerprint density at radius 2 is 1.57 bits per heavy atom. The monoisotopic (exact) mass is 383 g/mol. The molecule has 2 aromatic rings. The van der Waals surface area contributed by atoms with Crippen LogP contribution in [0.5, 0.6) is 11.5 Å². The Kier molecular flexibility index (Phi) is 7.50. The third-order valence-corrected chi connectivity index (χ3v) is 4.57. The van der Waals surface area contributed by atoms with Crippen LogP contribution < -0.4 is 14.8 Å². The maximum Gasteiger partial charge on any atom is 0.260 e. The van der Waals surface area contributed by atoms with Gasteiger partial charge in [-0.05, 0) is 41.5 Å². The summed E-state index contributed by atoms with van der Waals surface area (Å²) < 4.78 is 11.8. The van der Waals surface area contributed by atoms with Gasteiger partial charge < -0.3 is 14.8 Å². The summed E-state index contributed by atoms with van der Waals surface area (Å²) in [4.78, 5) is 12.4. The highest BCUT2D eigenvalue weighted by atomic mass is 16.5. The summed E-state index contributed by atoms with van der Waals surface area (Å²) >= 11 is 0. The first-order valence-electron chi connectivity index (χ1n) is 9.95. The van der Waals surface area contributed by atoms with Gasteiger partial charge in [0.2, 0.25) is 0 Å². The SMILES string of the molecule is CC(C)c1ccccc1O[C@@H](C)C(=O)NCCOc1ccccc1C(C)(C)C. The van der Waals surface area contributed by atoms with E-state index in [-0.39, 0.29) is 11.3 Å². The quantitative estimate of drug-likeness (QED) is 0.648. The first-order valence-corrected chi connectivity index (χ1v) is 9.95. The minimum Gasteiger partial charge on any atom is -0.491 e. The number of para-hydroxylation sites is 2. The fraction of sp³-hybridized carbons (Fsp3) is 0.458. The molecule has 0 aliphatic heterocycles. The van der Waals surface area contributed by atoms with E-state index in [9.17, 15) is 4.79 Å². The van der Waals surface area contributed by atoms with Crippen molar-refractivity contribution in [3.63, 3.8) is 0 Å². The summed E-state index contributed by atoms with van der Waals surface area (Å²) in [5, 5.41) is 2.89. The van der Waals surface area contributed by atoms with E-state index in [2.05, 4.69) is 46.0 Å². The highest BCUT2D eigenvalue weighted by molar-refractivity contribution is 5.80. The van der Waals surface area contributed by atoms with Crippen molar-refractivity contribution < 1.29 is 14.3 Å². The normalized spacial score (nSPS) is 12.5. The molecule has 4 nitrogen and oxygen atoms in total. The summed E-state index contributed by atoms with van der Waals surface area (Å²) in [6.45, 7) is 13.3. The van der Waals surface area contributed by atoms with Gasteiger partial charge in [0.15, 0.2) is 6.10 Å². The minimum atomic E-state index is -0.568. The molecule has 0 radical (unpaired) electrons. The number of hydrogen-bond donors (Lipinski definition) is 1. The van der Waals surface area contributed by atoms with Crippen LogP contribution in [0.1, 0.15) is 58.6 Å². The smallest absolute Gasteiger partial charge is 0.260 e. The van der Waals surface area contributed by atoms with Crippen molar-refractivity contribution in [1.82, 2.24) is 5.32 Å². The molecular formula is C24H33NO3. The molecule has 0 saturated carbocycles. The lowest BCUT2D eigenvalue weighted by atomic mass is 9.86. The molecule has 2 aromatic carbocycles. The van der Waals surface area contributed by atoms with E-state index < -0.39 is 6.10 Å². The molecule has 0 aliphatic rings. The van der Waals surface area contributed by atoms with Crippen LogP contribution in [0.15, 0.2) is 48.5 Å². The molecule has 28 heavy (non-hydrogen) atoms. The molecule has 0 aliphatic carbocycles. The molecule has 0 saturated heterocycles. The van der Waals surface area contributed by atoms with E-state index >= 15 is 0 Å². The van der Waals surface area contributed by atoms with Crippen LogP contribution in [0.3, 0.4) is 0 Å². The van der Waals surface area contributed by atoms with Crippen LogP contribution in [-0.2, 0) is 10.2 Å². The van der Waals surface area contributed by atoms with Crippen LogP contribution in [-0.4, -0.2) is 25.2 Å². The highest BCUT2D eigenvalue weighted by Crippen LogP contribution is 2.30. The van der Waals surface area contributed by atoms with Gasteiger partial charge in [-0.2, -0.15) is 0 Å². The molecule has 0 unspecified atom stereocenters. The van der Waals surface area contributed by atoms with Gasteiger partial charge in [0, 0.05) is 0 Å². The van der Waals surface area contributed by atoms with Crippen LogP contribution in [0.4, 0.5) is 0 Å². The van der Waals surface area contributed by atoms with Crippen molar-refractivity contribution in [3.8, 4) is 11.5 Å². The Labute approximate surface area is 169 Å². The topological polar surface area (TPSA) is 47.6 Å². The van der Waals surface area contributed by atoms with E-state index in [1.165, 1.54) is 0 Å². The van der Waals surface area contributed by atoms with Gasteiger partial charge in [0.05, 0.1) is 6.54 Å². The molecule has 0 spiro atoms. The number of ether oxygens (including phenoxy) is 2. The maximum absolute atomic E-state index is 12.4. The molecule has 152 valence electrons. The Morgan fingerprint density at radius 3 is 2.21 bits per heavy atom. The number of carbonyl (C=O) groups is 1. The minimum absolute atomic E-state index is 0.00595. The molecule has 1 atom stereocenters. The van der Waals surface area contributed by atoms with Crippen molar-refractivity contribution >= 4 is 5.91 Å². The number of nitrogens with one attached hydrogen (secondary N) is 1. The second-order valence-corrected chi connectivity index (χ2v) is 8.34. The van der Waals surface area contributed by atoms with E-state index in [4.69, 9.17) is 9.47 Å². The Morgan fingerprint density at radius 1 is 0.964 bits per heavy atom. The molecule has 1 amide bonds. The summed E-state index contributed by atoms with van der Waals surface area (Å²) in [5.74, 6) is 1.81. The number of benzene rings is 2. The van der Waals surface area contributed by atoms with Crippen LogP contribution >= 0.6 is 0 Å². The van der Waals surface area contributed by atoms with Gasteiger partial charge in [0.25, 0.3) is 5.91 Å². The fourth-order valence-corrected chi connectivity index (χ4v) is 3.00. The predicted octanol–water partition coefficient (Wildman–Crippen LogP) is 5.07. The average molecular weight is 384 g/mol. The second-order valence-electron chi connectivity index (χ2n) is 8.34. The zero-order chi connectivity index (χ0) is 20.7. The number of amides is 1. The van der Waals surface area contributed by atoms with Crippen molar-refractivity contribution in [1.29, 1.82) is 0 Å². The summed E-state index contributed by atoms with van der Waals surface area (Å²) in [6, 6.07) is 15.9. The molecule has 2 rings (SSSR count). The fourth-order valence-electron chi connectivity index (χ4n) is 3.00. The van der Waals surface area contributed by atoms with Crippen LogP contribution in [0, 0.1) is 0 Å². The number of hydrogen-bond acceptors (Lipinski definition) is 3. The first-order chi connectivity index (χ1) is 13.2. The molecular weight excluding hydrogens is 350 g/mol. The first kappa shape index (κ1) is 21.8. The molecule has 4 heteroatoms. The van der Waals surface area contributed by atoms with Gasteiger partial charge >= 0.3 is 0 Å². The molecule has 0 fully saturated rings. The molecule has 0 bridgehead atoms. The molecule has 0 aromatic heterocycles. The molecule has 0 heterocycles. The lowest BCUT2D eigenvalue weighted by Gasteiger charge is -2.23. The number of rotatable bonds is 8. The summed E-state index contributed by atoms with van der Waals surface area (Å²) in [7, 11) is 0. The predicted molar refractivity (Wildman–Crippen MR) is 114 cm³/mol. The highest BCUT2D eigenvalue weighted by Gasteiger charge is 2.19. The zero-order valence-corrected chi connectivity index (χ0v) is 17.9. The van der Waals surface area contributed by atoms with E-state index in [1.807, 2.05) is 42.5 Å². The van der Waals surface area contributed by atoms with Gasteiger partial charge in [-0.25, -0.2) is 0 Å². The average Bonchev–Trinajstić information content (AvgIpc) is 2.64. The van der Waals surface area contributed by atoms with Gasteiger partial charge in [0.1, 0.15) is 18.1 Å². The lowest BCUT2D eigenvalue weighted by molar-refractivity contribution is -0.127. The van der Waals surface area contributed by atoms with Gasteiger partial charge in [-0.1, -0.05) is 71.0 Å². The van der Waals surface area contributed by atoms with Crippen molar-refractivity contribution in [2.24, 2.45) is 0 Å². The second kappa shape index (κ2) is 9.63. The van der Waals surface area contributed by atoms with E-state index in [0.29, 0.717) is 19.1 Å². The Balaban J connectivity index is 1.85. The third kappa shape index (κ3) is 6.01. The third-order valence-electron chi connectivity index (χ3n) is 4.57. The van der Waals surface area contributed by atoms with E-state index in [0.717, 1.165) is 22.6 Å². The van der Waals surface area contributed by atoms with Crippen LogP contribution in [0.25, 0.3) is 0 Å². The largest absolute Gasteiger partial charge is 0.491 e. The van der Waals surface area contributed by atoms with Crippen molar-refractivity contribution in [3.05, 3.63) is 59.7 Å². The van der Waals surface area contributed by atoms with E-state index in [1.54, 1.807) is 6.92 Å². The van der Waals surface area contributed by atoms with Crippen molar-refractivity contribution in [2.75, 3.05) is 13.2 Å². The molecule has 1 N–H and O–H groups in total. The van der Waals surface area contributed by atoms with Gasteiger partial charge in [-0.3, -0.25) is 4.79 Å². The summed E-state index contributed by atoms with van der Waals surface area (Å²) in [6.07, 6.45) is -0.568. The Hall–Kier alpha value is -2.49.